The second-order valence-electron chi connectivity index (χ2n) is 4.10. The fourth-order valence-electron chi connectivity index (χ4n) is 2.08. The van der Waals surface area contributed by atoms with E-state index in [1.807, 2.05) is 17.8 Å². The molecule has 0 radical (unpaired) electrons. The summed E-state index contributed by atoms with van der Waals surface area (Å²) in [5.41, 5.74) is 2.74. The fraction of sp³-hybridized carbons (Fsp3) is 0.231. The molecule has 3 rings (SSSR count). The highest BCUT2D eigenvalue weighted by Gasteiger charge is 2.27. The summed E-state index contributed by atoms with van der Waals surface area (Å²) in [7, 11) is 0. The van der Waals surface area contributed by atoms with Crippen molar-refractivity contribution in [3.63, 3.8) is 0 Å². The third kappa shape index (κ3) is 2.07. The van der Waals surface area contributed by atoms with Crippen LogP contribution in [0.4, 0.5) is 0 Å². The number of halogens is 1. The molecule has 0 aromatic carbocycles. The van der Waals surface area contributed by atoms with E-state index in [1.54, 1.807) is 11.3 Å². The molecule has 2 aliphatic rings. The molecule has 1 aromatic heterocycles. The topological polar surface area (TPSA) is 3.24 Å². The molecule has 0 fully saturated rings. The maximum absolute atomic E-state index is 6.34. The number of hydrogen-bond acceptors (Lipinski definition) is 3. The van der Waals surface area contributed by atoms with Gasteiger partial charge >= 0.3 is 0 Å². The molecule has 0 saturated carbocycles. The Morgan fingerprint density at radius 3 is 3.06 bits per heavy atom. The molecular weight excluding hydrogens is 270 g/mol. The largest absolute Gasteiger partial charge is 0.326 e. The maximum atomic E-state index is 6.34. The van der Waals surface area contributed by atoms with E-state index in [1.165, 1.54) is 21.1 Å². The first kappa shape index (κ1) is 11.5. The monoisotopic (exact) mass is 281 g/mol. The van der Waals surface area contributed by atoms with Gasteiger partial charge in [-0.1, -0.05) is 17.7 Å². The zero-order chi connectivity index (χ0) is 11.8. The number of hydrogen-bond donors (Lipinski definition) is 0. The molecule has 0 unspecified atom stereocenters. The number of thiophene rings is 1. The lowest BCUT2D eigenvalue weighted by atomic mass is 10.2. The van der Waals surface area contributed by atoms with E-state index in [2.05, 4.69) is 35.4 Å². The molecular formula is C13H12ClNS2. The van der Waals surface area contributed by atoms with Crippen molar-refractivity contribution >= 4 is 34.7 Å². The Morgan fingerprint density at radius 2 is 2.29 bits per heavy atom. The Kier molecular flexibility index (Phi) is 3.07. The minimum absolute atomic E-state index is 0.819. The van der Waals surface area contributed by atoms with Crippen LogP contribution in [0.3, 0.4) is 0 Å². The van der Waals surface area contributed by atoms with Crippen molar-refractivity contribution in [2.24, 2.45) is 0 Å². The Labute approximate surface area is 114 Å². The van der Waals surface area contributed by atoms with E-state index < -0.39 is 0 Å². The minimum Gasteiger partial charge on any atom is -0.326 e. The highest BCUT2D eigenvalue weighted by molar-refractivity contribution is 8.03. The summed E-state index contributed by atoms with van der Waals surface area (Å²) in [5.74, 6) is 1.08. The Hall–Kier alpha value is -0.640. The van der Waals surface area contributed by atoms with Crippen LogP contribution in [0.2, 0.25) is 0 Å². The number of nitrogens with zero attached hydrogens (tertiary/aromatic N) is 1. The third-order valence-corrected chi connectivity index (χ3v) is 5.28. The first-order valence-corrected chi connectivity index (χ1v) is 7.70. The lowest BCUT2D eigenvalue weighted by Gasteiger charge is -2.28. The second kappa shape index (κ2) is 4.56. The van der Waals surface area contributed by atoms with E-state index in [0.29, 0.717) is 0 Å². The van der Waals surface area contributed by atoms with Gasteiger partial charge in [0.05, 0.1) is 12.2 Å². The predicted molar refractivity (Wildman–Crippen MR) is 77.0 cm³/mol. The van der Waals surface area contributed by atoms with Gasteiger partial charge in [0, 0.05) is 15.5 Å². The lowest BCUT2D eigenvalue weighted by Crippen LogP contribution is -2.21. The van der Waals surface area contributed by atoms with Crippen molar-refractivity contribution in [2.75, 3.05) is 5.75 Å². The van der Waals surface area contributed by atoms with Crippen LogP contribution in [0.5, 0.6) is 0 Å². The summed E-state index contributed by atoms with van der Waals surface area (Å²) < 4.78 is 0. The molecule has 1 nitrogen and oxygen atoms in total. The number of allylic oxidation sites excluding steroid dienone is 2. The summed E-state index contributed by atoms with van der Waals surface area (Å²) in [6.45, 7) is 3.07. The van der Waals surface area contributed by atoms with Gasteiger partial charge in [0.25, 0.3) is 0 Å². The van der Waals surface area contributed by atoms with Gasteiger partial charge in [-0.15, -0.1) is 23.1 Å². The van der Waals surface area contributed by atoms with Crippen molar-refractivity contribution in [1.29, 1.82) is 0 Å². The van der Waals surface area contributed by atoms with Crippen molar-refractivity contribution in [1.82, 2.24) is 4.90 Å². The quantitative estimate of drug-likeness (QED) is 0.732. The molecule has 3 heterocycles. The predicted octanol–water partition coefficient (Wildman–Crippen LogP) is 4.55. The number of fused-ring (bicyclic) bond motifs is 1. The van der Waals surface area contributed by atoms with Gasteiger partial charge in [0.1, 0.15) is 5.16 Å². The summed E-state index contributed by atoms with van der Waals surface area (Å²) >= 11 is 10.0. The zero-order valence-electron chi connectivity index (χ0n) is 9.44. The smallest absolute Gasteiger partial charge is 0.109 e. The molecule has 0 atom stereocenters. The molecule has 0 saturated heterocycles. The maximum Gasteiger partial charge on any atom is 0.109 e. The van der Waals surface area contributed by atoms with Crippen LogP contribution in [0, 0.1) is 0 Å². The van der Waals surface area contributed by atoms with Crippen LogP contribution in [0.1, 0.15) is 11.8 Å². The molecule has 17 heavy (non-hydrogen) atoms. The van der Waals surface area contributed by atoms with Gasteiger partial charge in [0.15, 0.2) is 0 Å². The molecule has 0 spiro atoms. The van der Waals surface area contributed by atoms with Gasteiger partial charge in [-0.25, -0.2) is 0 Å². The third-order valence-electron chi connectivity index (χ3n) is 2.88. The first-order valence-electron chi connectivity index (χ1n) is 5.46. The molecule has 88 valence electrons. The van der Waals surface area contributed by atoms with Gasteiger partial charge < -0.3 is 4.90 Å². The van der Waals surface area contributed by atoms with Crippen LogP contribution >= 0.6 is 34.7 Å². The SMILES string of the molecule is CC1=C2C(=CC=C(Cl)N2Cc2cccs2)SC1. The average Bonchev–Trinajstić information content (AvgIpc) is 2.93. The van der Waals surface area contributed by atoms with Gasteiger partial charge in [0.2, 0.25) is 0 Å². The molecule has 4 heteroatoms. The number of thioether (sulfide) groups is 1. The van der Waals surface area contributed by atoms with Crippen LogP contribution in [0.15, 0.2) is 51.0 Å². The average molecular weight is 282 g/mol. The van der Waals surface area contributed by atoms with Crippen molar-refractivity contribution < 1.29 is 0 Å². The van der Waals surface area contributed by atoms with Crippen LogP contribution in [0.25, 0.3) is 0 Å². The summed E-state index contributed by atoms with van der Waals surface area (Å²) in [5, 5.41) is 2.93. The Balaban J connectivity index is 1.95. The standard InChI is InChI=1S/C13H12ClNS2/c1-9-8-17-11-4-5-12(14)15(13(9)11)7-10-3-2-6-16-10/h2-6H,7-8H2,1H3. The molecule has 0 bridgehead atoms. The summed E-state index contributed by atoms with van der Waals surface area (Å²) in [6.07, 6.45) is 4.13. The summed E-state index contributed by atoms with van der Waals surface area (Å²) in [6, 6.07) is 4.24. The van der Waals surface area contributed by atoms with Gasteiger partial charge in [-0.05, 0) is 36.1 Å². The van der Waals surface area contributed by atoms with Crippen molar-refractivity contribution in [3.8, 4) is 0 Å². The van der Waals surface area contributed by atoms with Crippen molar-refractivity contribution in [2.45, 2.75) is 13.5 Å². The highest BCUT2D eigenvalue weighted by Crippen LogP contribution is 2.43. The summed E-state index contributed by atoms with van der Waals surface area (Å²) in [4.78, 5) is 4.91. The Bertz CT molecular complexity index is 526. The van der Waals surface area contributed by atoms with Crippen LogP contribution < -0.4 is 0 Å². The van der Waals surface area contributed by atoms with E-state index in [0.717, 1.165) is 17.5 Å². The van der Waals surface area contributed by atoms with E-state index in [4.69, 9.17) is 11.6 Å². The Morgan fingerprint density at radius 1 is 1.41 bits per heavy atom. The molecule has 1 aromatic rings. The van der Waals surface area contributed by atoms with Gasteiger partial charge in [-0.2, -0.15) is 0 Å². The van der Waals surface area contributed by atoms with Crippen LogP contribution in [-0.2, 0) is 6.54 Å². The minimum atomic E-state index is 0.819. The van der Waals surface area contributed by atoms with Crippen molar-refractivity contribution in [3.05, 3.63) is 55.9 Å². The zero-order valence-corrected chi connectivity index (χ0v) is 11.8. The molecule has 0 N–H and O–H groups in total. The van der Waals surface area contributed by atoms with Gasteiger partial charge in [-0.3, -0.25) is 0 Å². The molecule has 0 amide bonds. The normalized spacial score (nSPS) is 19.3. The van der Waals surface area contributed by atoms with Crippen LogP contribution in [-0.4, -0.2) is 10.7 Å². The lowest BCUT2D eigenvalue weighted by molar-refractivity contribution is 0.455. The number of rotatable bonds is 2. The highest BCUT2D eigenvalue weighted by atomic mass is 35.5. The fourth-order valence-corrected chi connectivity index (χ4v) is 4.07. The van der Waals surface area contributed by atoms with E-state index in [9.17, 15) is 0 Å². The first-order chi connectivity index (χ1) is 8.25. The second-order valence-corrected chi connectivity index (χ2v) is 6.54. The molecule has 2 aliphatic heterocycles. The van der Waals surface area contributed by atoms with E-state index >= 15 is 0 Å². The van der Waals surface area contributed by atoms with E-state index in [-0.39, 0.29) is 0 Å². The molecule has 0 aliphatic carbocycles.